The third-order valence-corrected chi connectivity index (χ3v) is 3.79. The fourth-order valence-electron chi connectivity index (χ4n) is 2.42. The summed E-state index contributed by atoms with van der Waals surface area (Å²) in [4.78, 5) is 0. The summed E-state index contributed by atoms with van der Waals surface area (Å²) < 4.78 is 11.0. The van der Waals surface area contributed by atoms with Gasteiger partial charge in [0.15, 0.2) is 0 Å². The van der Waals surface area contributed by atoms with Crippen LogP contribution in [-0.4, -0.2) is 13.7 Å². The number of halogens is 1. The highest BCUT2D eigenvalue weighted by molar-refractivity contribution is 6.33. The fourth-order valence-corrected chi connectivity index (χ4v) is 2.61. The highest BCUT2D eigenvalue weighted by Crippen LogP contribution is 2.37. The lowest BCUT2D eigenvalue weighted by Gasteiger charge is -2.28. The second-order valence-electron chi connectivity index (χ2n) is 4.72. The van der Waals surface area contributed by atoms with Gasteiger partial charge in [0.1, 0.15) is 11.5 Å². The quantitative estimate of drug-likeness (QED) is 0.914. The van der Waals surface area contributed by atoms with Crippen molar-refractivity contribution in [2.75, 3.05) is 19.0 Å². The number of para-hydroxylation sites is 1. The van der Waals surface area contributed by atoms with Crippen LogP contribution in [0.25, 0.3) is 0 Å². The number of fused-ring (bicyclic) bond motifs is 1. The molecule has 104 valence electrons. The smallest absolute Gasteiger partial charge is 0.124 e. The van der Waals surface area contributed by atoms with E-state index in [4.69, 9.17) is 21.1 Å². The van der Waals surface area contributed by atoms with E-state index >= 15 is 0 Å². The van der Waals surface area contributed by atoms with E-state index < -0.39 is 0 Å². The molecule has 1 N–H and O–H groups in total. The third-order valence-electron chi connectivity index (χ3n) is 3.46. The number of benzene rings is 2. The normalized spacial score (nSPS) is 17.0. The Kier molecular flexibility index (Phi) is 3.70. The molecular weight excluding hydrogens is 274 g/mol. The zero-order chi connectivity index (χ0) is 13.9. The molecule has 20 heavy (non-hydrogen) atoms. The predicted molar refractivity (Wildman–Crippen MR) is 80.9 cm³/mol. The van der Waals surface area contributed by atoms with Crippen molar-refractivity contribution >= 4 is 17.3 Å². The van der Waals surface area contributed by atoms with E-state index in [2.05, 4.69) is 5.32 Å². The molecule has 0 aliphatic carbocycles. The van der Waals surface area contributed by atoms with E-state index in [9.17, 15) is 0 Å². The summed E-state index contributed by atoms with van der Waals surface area (Å²) in [5.41, 5.74) is 2.05. The van der Waals surface area contributed by atoms with Crippen LogP contribution in [0.5, 0.6) is 11.5 Å². The summed E-state index contributed by atoms with van der Waals surface area (Å²) >= 11 is 6.21. The summed E-state index contributed by atoms with van der Waals surface area (Å²) in [6, 6.07) is 13.8. The average Bonchev–Trinajstić information content (AvgIpc) is 2.49. The minimum atomic E-state index is 0.175. The molecule has 3 rings (SSSR count). The van der Waals surface area contributed by atoms with Crippen LogP contribution in [0.1, 0.15) is 18.0 Å². The van der Waals surface area contributed by atoms with E-state index in [1.807, 2.05) is 42.5 Å². The molecule has 1 unspecified atom stereocenters. The van der Waals surface area contributed by atoms with Crippen LogP contribution in [0.2, 0.25) is 5.02 Å². The molecule has 3 nitrogen and oxygen atoms in total. The van der Waals surface area contributed by atoms with Crippen molar-refractivity contribution in [3.63, 3.8) is 0 Å². The summed E-state index contributed by atoms with van der Waals surface area (Å²) in [5, 5.41) is 4.21. The van der Waals surface area contributed by atoms with E-state index in [0.29, 0.717) is 6.61 Å². The first-order valence-electron chi connectivity index (χ1n) is 6.60. The van der Waals surface area contributed by atoms with Crippen molar-refractivity contribution in [2.45, 2.75) is 12.5 Å². The van der Waals surface area contributed by atoms with Gasteiger partial charge in [-0.3, -0.25) is 0 Å². The molecule has 1 atom stereocenters. The molecule has 1 heterocycles. The lowest BCUT2D eigenvalue weighted by molar-refractivity contribution is 0.273. The van der Waals surface area contributed by atoms with Gasteiger partial charge in [0.25, 0.3) is 0 Å². The first kappa shape index (κ1) is 13.1. The molecule has 0 saturated heterocycles. The Balaban J connectivity index is 1.91. The Hall–Kier alpha value is -1.87. The van der Waals surface area contributed by atoms with Gasteiger partial charge in [-0.2, -0.15) is 0 Å². The summed E-state index contributed by atoms with van der Waals surface area (Å²) in [5.74, 6) is 1.74. The monoisotopic (exact) mass is 289 g/mol. The molecule has 0 spiro atoms. The molecule has 2 aromatic rings. The first-order valence-corrected chi connectivity index (χ1v) is 6.97. The number of methoxy groups -OCH3 is 1. The van der Waals surface area contributed by atoms with Gasteiger partial charge in [0.2, 0.25) is 0 Å². The fraction of sp³-hybridized carbons (Fsp3) is 0.250. The summed E-state index contributed by atoms with van der Waals surface area (Å²) in [7, 11) is 1.67. The van der Waals surface area contributed by atoms with Gasteiger partial charge >= 0.3 is 0 Å². The second kappa shape index (κ2) is 5.63. The van der Waals surface area contributed by atoms with Gasteiger partial charge in [-0.05, 0) is 30.3 Å². The lowest BCUT2D eigenvalue weighted by atomic mass is 10.00. The Morgan fingerprint density at radius 1 is 1.25 bits per heavy atom. The zero-order valence-electron chi connectivity index (χ0n) is 11.2. The standard InChI is InChI=1S/C16H16ClNO2/c1-19-11-6-7-16-12(10-11)14(8-9-20-16)18-15-5-3-2-4-13(15)17/h2-7,10,14,18H,8-9H2,1H3. The summed E-state index contributed by atoms with van der Waals surface area (Å²) in [6.45, 7) is 0.696. The number of ether oxygens (including phenoxy) is 2. The summed E-state index contributed by atoms with van der Waals surface area (Å²) in [6.07, 6.45) is 0.894. The molecule has 0 aromatic heterocycles. The molecular formula is C16H16ClNO2. The predicted octanol–water partition coefficient (Wildman–Crippen LogP) is 4.28. The average molecular weight is 290 g/mol. The Bertz CT molecular complexity index is 615. The van der Waals surface area contributed by atoms with Gasteiger partial charge in [0.05, 0.1) is 30.5 Å². The molecule has 2 aromatic carbocycles. The van der Waals surface area contributed by atoms with E-state index in [1.54, 1.807) is 7.11 Å². The van der Waals surface area contributed by atoms with Crippen LogP contribution < -0.4 is 14.8 Å². The number of rotatable bonds is 3. The number of hydrogen-bond acceptors (Lipinski definition) is 3. The van der Waals surface area contributed by atoms with Crippen molar-refractivity contribution in [3.05, 3.63) is 53.1 Å². The molecule has 1 aliphatic heterocycles. The Morgan fingerprint density at radius 2 is 2.10 bits per heavy atom. The maximum absolute atomic E-state index is 6.21. The van der Waals surface area contributed by atoms with Gasteiger partial charge < -0.3 is 14.8 Å². The number of nitrogens with one attached hydrogen (secondary N) is 1. The van der Waals surface area contributed by atoms with Gasteiger partial charge in [-0.15, -0.1) is 0 Å². The highest BCUT2D eigenvalue weighted by Gasteiger charge is 2.22. The Morgan fingerprint density at radius 3 is 2.90 bits per heavy atom. The van der Waals surface area contributed by atoms with Gasteiger partial charge in [-0.25, -0.2) is 0 Å². The number of hydrogen-bond donors (Lipinski definition) is 1. The molecule has 0 amide bonds. The minimum Gasteiger partial charge on any atom is -0.497 e. The van der Waals surface area contributed by atoms with Crippen molar-refractivity contribution in [1.82, 2.24) is 0 Å². The maximum atomic E-state index is 6.21. The Labute approximate surface area is 123 Å². The third kappa shape index (κ3) is 2.54. The minimum absolute atomic E-state index is 0.175. The van der Waals surface area contributed by atoms with Crippen LogP contribution in [0.3, 0.4) is 0 Å². The van der Waals surface area contributed by atoms with Gasteiger partial charge in [-0.1, -0.05) is 23.7 Å². The maximum Gasteiger partial charge on any atom is 0.124 e. The molecule has 4 heteroatoms. The van der Waals surface area contributed by atoms with Crippen molar-refractivity contribution in [3.8, 4) is 11.5 Å². The topological polar surface area (TPSA) is 30.5 Å². The molecule has 0 radical (unpaired) electrons. The van der Waals surface area contributed by atoms with E-state index in [0.717, 1.165) is 34.2 Å². The highest BCUT2D eigenvalue weighted by atomic mass is 35.5. The zero-order valence-corrected chi connectivity index (χ0v) is 12.0. The van der Waals surface area contributed by atoms with Crippen LogP contribution in [-0.2, 0) is 0 Å². The van der Waals surface area contributed by atoms with Crippen molar-refractivity contribution in [1.29, 1.82) is 0 Å². The van der Waals surface area contributed by atoms with Crippen molar-refractivity contribution < 1.29 is 9.47 Å². The molecule has 0 fully saturated rings. The SMILES string of the molecule is COc1ccc2c(c1)C(Nc1ccccc1Cl)CCO2. The largest absolute Gasteiger partial charge is 0.497 e. The van der Waals surface area contributed by atoms with E-state index in [-0.39, 0.29) is 6.04 Å². The van der Waals surface area contributed by atoms with Crippen LogP contribution >= 0.6 is 11.6 Å². The number of anilines is 1. The molecule has 0 bridgehead atoms. The van der Waals surface area contributed by atoms with Crippen LogP contribution in [0.4, 0.5) is 5.69 Å². The first-order chi connectivity index (χ1) is 9.78. The molecule has 1 aliphatic rings. The van der Waals surface area contributed by atoms with Gasteiger partial charge in [0, 0.05) is 12.0 Å². The van der Waals surface area contributed by atoms with Crippen molar-refractivity contribution in [2.24, 2.45) is 0 Å². The van der Waals surface area contributed by atoms with Crippen LogP contribution in [0.15, 0.2) is 42.5 Å². The lowest BCUT2D eigenvalue weighted by Crippen LogP contribution is -2.20. The second-order valence-corrected chi connectivity index (χ2v) is 5.12. The molecule has 0 saturated carbocycles. The van der Waals surface area contributed by atoms with Crippen LogP contribution in [0, 0.1) is 0 Å². The van der Waals surface area contributed by atoms with E-state index in [1.165, 1.54) is 0 Å².